The minimum atomic E-state index is 1.02. The molecule has 0 saturated carbocycles. The predicted molar refractivity (Wildman–Crippen MR) is 126 cm³/mol. The number of unbranched alkanes of at least 4 members (excludes halogenated alkanes) is 17. The molecule has 0 aromatic heterocycles. The zero-order chi connectivity index (χ0) is 19.8. The summed E-state index contributed by atoms with van der Waals surface area (Å²) in [4.78, 5) is 0. The van der Waals surface area contributed by atoms with Gasteiger partial charge in [0, 0.05) is 0 Å². The van der Waals surface area contributed by atoms with Crippen LogP contribution < -0.4 is 0 Å². The monoisotopic (exact) mass is 379 g/mol. The van der Waals surface area contributed by atoms with Crippen molar-refractivity contribution in [3.63, 3.8) is 0 Å². The summed E-state index contributed by atoms with van der Waals surface area (Å²) in [5.41, 5.74) is 0. The van der Waals surface area contributed by atoms with Gasteiger partial charge in [-0.3, -0.25) is 0 Å². The molecule has 0 aliphatic heterocycles. The molecule has 1 atom stereocenters. The molecule has 0 aromatic carbocycles. The third-order valence-corrected chi connectivity index (χ3v) is 6.29. The Labute approximate surface area is 174 Å². The lowest BCUT2D eigenvalue weighted by molar-refractivity contribution is 0.366. The fourth-order valence-corrected chi connectivity index (χ4v) is 4.35. The fraction of sp³-hybridized carbons (Fsp3) is 0.963. The molecular formula is C27H55. The molecule has 1 radical (unpaired) electrons. The van der Waals surface area contributed by atoms with Gasteiger partial charge in [0.2, 0.25) is 0 Å². The first kappa shape index (κ1) is 27.0. The zero-order valence-electron chi connectivity index (χ0n) is 19.5. The van der Waals surface area contributed by atoms with Crippen LogP contribution in [0.15, 0.2) is 0 Å². The summed E-state index contributed by atoms with van der Waals surface area (Å²) in [6.45, 7) is 8.61. The van der Waals surface area contributed by atoms with Gasteiger partial charge in [-0.2, -0.15) is 0 Å². The van der Waals surface area contributed by atoms with Crippen LogP contribution in [0.4, 0.5) is 0 Å². The van der Waals surface area contributed by atoms with Crippen LogP contribution in [0.5, 0.6) is 0 Å². The Hall–Kier alpha value is 0. The van der Waals surface area contributed by atoms with Crippen LogP contribution in [0.25, 0.3) is 0 Å². The van der Waals surface area contributed by atoms with Crippen molar-refractivity contribution in [1.82, 2.24) is 0 Å². The molecule has 1 unspecified atom stereocenters. The van der Waals surface area contributed by atoms with Gasteiger partial charge in [0.15, 0.2) is 0 Å². The summed E-state index contributed by atoms with van der Waals surface area (Å²) in [5, 5.41) is 0. The fourth-order valence-electron chi connectivity index (χ4n) is 4.35. The SMILES string of the molecule is [CH2]CCCCCC(CCCCCCCCC)CCCCCCCCCCC. The average Bonchev–Trinajstić information content (AvgIpc) is 2.68. The maximum atomic E-state index is 4.00. The van der Waals surface area contributed by atoms with Crippen molar-refractivity contribution in [2.45, 2.75) is 162 Å². The van der Waals surface area contributed by atoms with Crippen LogP contribution in [-0.2, 0) is 0 Å². The van der Waals surface area contributed by atoms with Crippen molar-refractivity contribution in [1.29, 1.82) is 0 Å². The second-order valence-electron chi connectivity index (χ2n) is 9.10. The maximum Gasteiger partial charge on any atom is -0.0414 e. The van der Waals surface area contributed by atoms with Gasteiger partial charge < -0.3 is 0 Å². The molecule has 0 aliphatic rings. The largest absolute Gasteiger partial charge is 0.0654 e. The smallest absolute Gasteiger partial charge is 0.0414 e. The molecule has 0 amide bonds. The average molecular weight is 380 g/mol. The molecule has 0 nitrogen and oxygen atoms in total. The van der Waals surface area contributed by atoms with Crippen molar-refractivity contribution < 1.29 is 0 Å². The standard InChI is InChI=1S/C27H55/c1-4-7-10-13-15-16-18-20-23-26-27(24-21-12-9-6-3)25-22-19-17-14-11-8-5-2/h27H,3-26H2,1-2H3. The lowest BCUT2D eigenvalue weighted by Gasteiger charge is -2.17. The number of hydrogen-bond acceptors (Lipinski definition) is 0. The second kappa shape index (κ2) is 24.0. The minimum absolute atomic E-state index is 1.02. The molecule has 0 saturated heterocycles. The van der Waals surface area contributed by atoms with Crippen molar-refractivity contribution in [3.05, 3.63) is 6.92 Å². The molecule has 0 bridgehead atoms. The van der Waals surface area contributed by atoms with Gasteiger partial charge in [0.1, 0.15) is 0 Å². The molecule has 0 aromatic rings. The van der Waals surface area contributed by atoms with Crippen LogP contribution >= 0.6 is 0 Å². The summed E-state index contributed by atoms with van der Waals surface area (Å²) in [6, 6.07) is 0. The van der Waals surface area contributed by atoms with Crippen LogP contribution in [0.3, 0.4) is 0 Å². The summed E-state index contributed by atoms with van der Waals surface area (Å²) < 4.78 is 0. The zero-order valence-corrected chi connectivity index (χ0v) is 19.5. The van der Waals surface area contributed by atoms with E-state index in [2.05, 4.69) is 20.8 Å². The van der Waals surface area contributed by atoms with Gasteiger partial charge in [0.05, 0.1) is 0 Å². The number of hydrogen-bond donors (Lipinski definition) is 0. The summed E-state index contributed by atoms with van der Waals surface area (Å²) in [5.74, 6) is 1.02. The first-order chi connectivity index (χ1) is 13.3. The topological polar surface area (TPSA) is 0 Å². The lowest BCUT2D eigenvalue weighted by atomic mass is 9.89. The van der Waals surface area contributed by atoms with Crippen LogP contribution in [0.1, 0.15) is 162 Å². The first-order valence-electron chi connectivity index (χ1n) is 13.1. The van der Waals surface area contributed by atoms with Crippen LogP contribution in [0, 0.1) is 12.8 Å². The van der Waals surface area contributed by atoms with E-state index < -0.39 is 0 Å². The summed E-state index contributed by atoms with van der Waals surface area (Å²) >= 11 is 0. The van der Waals surface area contributed by atoms with Gasteiger partial charge in [-0.05, 0) is 5.92 Å². The van der Waals surface area contributed by atoms with Gasteiger partial charge in [-0.15, -0.1) is 0 Å². The third kappa shape index (κ3) is 22.2. The Morgan fingerprint density at radius 3 is 1.04 bits per heavy atom. The molecule has 0 fully saturated rings. The predicted octanol–water partition coefficient (Wildman–Crippen LogP) is 10.4. The minimum Gasteiger partial charge on any atom is -0.0654 e. The van der Waals surface area contributed by atoms with E-state index in [9.17, 15) is 0 Å². The van der Waals surface area contributed by atoms with E-state index in [-0.39, 0.29) is 0 Å². The first-order valence-corrected chi connectivity index (χ1v) is 13.1. The highest BCUT2D eigenvalue weighted by Crippen LogP contribution is 2.24. The maximum absolute atomic E-state index is 4.00. The van der Waals surface area contributed by atoms with Crippen molar-refractivity contribution in [2.24, 2.45) is 5.92 Å². The van der Waals surface area contributed by atoms with E-state index in [0.717, 1.165) is 12.3 Å². The quantitative estimate of drug-likeness (QED) is 0.155. The highest BCUT2D eigenvalue weighted by molar-refractivity contribution is 4.62. The Morgan fingerprint density at radius 1 is 0.407 bits per heavy atom. The van der Waals surface area contributed by atoms with Crippen molar-refractivity contribution >= 4 is 0 Å². The molecule has 0 aliphatic carbocycles. The van der Waals surface area contributed by atoms with Crippen molar-refractivity contribution in [3.8, 4) is 0 Å². The molecule has 0 heterocycles. The molecule has 0 spiro atoms. The van der Waals surface area contributed by atoms with Gasteiger partial charge in [-0.25, -0.2) is 0 Å². The Morgan fingerprint density at radius 2 is 0.704 bits per heavy atom. The van der Waals surface area contributed by atoms with E-state index in [0.29, 0.717) is 0 Å². The van der Waals surface area contributed by atoms with Crippen LogP contribution in [-0.4, -0.2) is 0 Å². The molecule has 163 valence electrons. The van der Waals surface area contributed by atoms with E-state index in [1.54, 1.807) is 0 Å². The molecular weight excluding hydrogens is 324 g/mol. The normalized spacial score (nSPS) is 12.6. The van der Waals surface area contributed by atoms with Gasteiger partial charge >= 0.3 is 0 Å². The molecule has 0 rings (SSSR count). The highest BCUT2D eigenvalue weighted by atomic mass is 14.1. The van der Waals surface area contributed by atoms with Crippen molar-refractivity contribution in [2.75, 3.05) is 0 Å². The molecule has 27 heavy (non-hydrogen) atoms. The lowest BCUT2D eigenvalue weighted by Crippen LogP contribution is -2.01. The molecule has 0 N–H and O–H groups in total. The summed E-state index contributed by atoms with van der Waals surface area (Å²) in [6.07, 6.45) is 33.2. The highest BCUT2D eigenvalue weighted by Gasteiger charge is 2.08. The molecule has 0 heteroatoms. The second-order valence-corrected chi connectivity index (χ2v) is 9.10. The van der Waals surface area contributed by atoms with E-state index >= 15 is 0 Å². The van der Waals surface area contributed by atoms with E-state index in [1.807, 2.05) is 0 Å². The van der Waals surface area contributed by atoms with Gasteiger partial charge in [-0.1, -0.05) is 168 Å². The van der Waals surface area contributed by atoms with Gasteiger partial charge in [0.25, 0.3) is 0 Å². The summed E-state index contributed by atoms with van der Waals surface area (Å²) in [7, 11) is 0. The van der Waals surface area contributed by atoms with E-state index in [1.165, 1.54) is 141 Å². The van der Waals surface area contributed by atoms with E-state index in [4.69, 9.17) is 0 Å². The van der Waals surface area contributed by atoms with Crippen LogP contribution in [0.2, 0.25) is 0 Å². The Bertz CT molecular complexity index is 244. The third-order valence-electron chi connectivity index (χ3n) is 6.29. The number of rotatable bonds is 23. The Balaban J connectivity index is 3.69. The Kier molecular flexibility index (Phi) is 24.0.